The highest BCUT2D eigenvalue weighted by atomic mass is 16.3. The van der Waals surface area contributed by atoms with Crippen molar-refractivity contribution in [1.29, 1.82) is 0 Å². The van der Waals surface area contributed by atoms with Crippen molar-refractivity contribution >= 4 is 5.91 Å². The largest absolute Gasteiger partial charge is 0.394 e. The maximum Gasteiger partial charge on any atom is 0.253 e. The fourth-order valence-corrected chi connectivity index (χ4v) is 1.15. The first kappa shape index (κ1) is 12.5. The monoisotopic (exact) mass is 225 g/mol. The van der Waals surface area contributed by atoms with Gasteiger partial charge in [0.05, 0.1) is 29.7 Å². The van der Waals surface area contributed by atoms with Crippen molar-refractivity contribution in [2.75, 3.05) is 13.2 Å². The summed E-state index contributed by atoms with van der Waals surface area (Å²) in [6.07, 6.45) is -0.944. The zero-order chi connectivity index (χ0) is 12.1. The molecular weight excluding hydrogens is 210 g/mol. The summed E-state index contributed by atoms with van der Waals surface area (Å²) in [5.41, 5.74) is 1.61. The molecule has 0 bridgehead atoms. The summed E-state index contributed by atoms with van der Waals surface area (Å²) in [6.45, 7) is 3.05. The fraction of sp³-hybridized carbons (Fsp3) is 0.500. The van der Waals surface area contributed by atoms with E-state index < -0.39 is 6.10 Å². The first-order valence-electron chi connectivity index (χ1n) is 4.92. The lowest BCUT2D eigenvalue weighted by molar-refractivity contribution is 0.0801. The average molecular weight is 225 g/mol. The van der Waals surface area contributed by atoms with Gasteiger partial charge in [0.1, 0.15) is 0 Å². The molecule has 0 spiro atoms. The Labute approximate surface area is 93.3 Å². The van der Waals surface area contributed by atoms with Gasteiger partial charge >= 0.3 is 0 Å². The van der Waals surface area contributed by atoms with Gasteiger partial charge in [-0.05, 0) is 19.9 Å². The number of amides is 1. The number of aliphatic hydroxyl groups excluding tert-OH is 2. The van der Waals surface area contributed by atoms with Gasteiger partial charge in [0.2, 0.25) is 0 Å². The Bertz CT molecular complexity index is 382. The molecule has 6 heteroatoms. The van der Waals surface area contributed by atoms with Crippen LogP contribution in [0, 0.1) is 13.8 Å². The van der Waals surface area contributed by atoms with E-state index in [-0.39, 0.29) is 19.1 Å². The van der Waals surface area contributed by atoms with E-state index in [1.165, 1.54) is 0 Å². The molecule has 1 aromatic rings. The lowest BCUT2D eigenvalue weighted by Gasteiger charge is -2.10. The van der Waals surface area contributed by atoms with E-state index in [0.717, 1.165) is 0 Å². The summed E-state index contributed by atoms with van der Waals surface area (Å²) in [7, 11) is 0. The molecule has 0 aliphatic carbocycles. The first-order chi connectivity index (χ1) is 7.54. The maximum atomic E-state index is 11.7. The number of nitrogens with zero attached hydrogens (tertiary/aromatic N) is 2. The number of aromatic nitrogens is 2. The molecule has 1 amide bonds. The van der Waals surface area contributed by atoms with Gasteiger partial charge in [-0.3, -0.25) is 4.79 Å². The highest BCUT2D eigenvalue weighted by Crippen LogP contribution is 2.04. The Hall–Kier alpha value is -1.53. The van der Waals surface area contributed by atoms with Crippen LogP contribution in [0.2, 0.25) is 0 Å². The predicted octanol–water partition coefficient (Wildman–Crippen LogP) is -0.824. The molecule has 0 aliphatic heterocycles. The Balaban J connectivity index is 2.69. The number of hydrogen-bond acceptors (Lipinski definition) is 5. The molecule has 1 heterocycles. The van der Waals surface area contributed by atoms with Crippen LogP contribution >= 0.6 is 0 Å². The van der Waals surface area contributed by atoms with E-state index in [1.54, 1.807) is 19.9 Å². The second kappa shape index (κ2) is 5.53. The number of aliphatic hydroxyl groups is 2. The van der Waals surface area contributed by atoms with Crippen molar-refractivity contribution in [2.45, 2.75) is 20.0 Å². The van der Waals surface area contributed by atoms with Crippen LogP contribution in [0.1, 0.15) is 21.7 Å². The lowest BCUT2D eigenvalue weighted by Crippen LogP contribution is -2.34. The second-order valence-corrected chi connectivity index (χ2v) is 3.53. The zero-order valence-corrected chi connectivity index (χ0v) is 9.27. The van der Waals surface area contributed by atoms with Crippen molar-refractivity contribution in [1.82, 2.24) is 15.5 Å². The SMILES string of the molecule is Cc1cc(C(=O)NCC(O)CO)c(C)nn1. The predicted molar refractivity (Wildman–Crippen MR) is 56.9 cm³/mol. The van der Waals surface area contributed by atoms with Gasteiger partial charge in [0, 0.05) is 6.54 Å². The molecule has 3 N–H and O–H groups in total. The average Bonchev–Trinajstić information content (AvgIpc) is 2.28. The first-order valence-corrected chi connectivity index (χ1v) is 4.92. The van der Waals surface area contributed by atoms with Crippen LogP contribution in [-0.2, 0) is 0 Å². The molecule has 0 aliphatic rings. The zero-order valence-electron chi connectivity index (χ0n) is 9.27. The maximum absolute atomic E-state index is 11.7. The summed E-state index contributed by atoms with van der Waals surface area (Å²) in [5, 5.41) is 27.8. The second-order valence-electron chi connectivity index (χ2n) is 3.53. The van der Waals surface area contributed by atoms with Crippen LogP contribution in [0.5, 0.6) is 0 Å². The van der Waals surface area contributed by atoms with Gasteiger partial charge in [-0.25, -0.2) is 0 Å². The van der Waals surface area contributed by atoms with Gasteiger partial charge < -0.3 is 15.5 Å². The van der Waals surface area contributed by atoms with Crippen molar-refractivity contribution in [3.63, 3.8) is 0 Å². The van der Waals surface area contributed by atoms with Crippen LogP contribution in [0.3, 0.4) is 0 Å². The minimum Gasteiger partial charge on any atom is -0.394 e. The van der Waals surface area contributed by atoms with Crippen molar-refractivity contribution in [3.05, 3.63) is 23.0 Å². The van der Waals surface area contributed by atoms with E-state index in [4.69, 9.17) is 10.2 Å². The number of carbonyl (C=O) groups is 1. The van der Waals surface area contributed by atoms with Crippen LogP contribution in [-0.4, -0.2) is 45.6 Å². The van der Waals surface area contributed by atoms with Gasteiger partial charge in [-0.15, -0.1) is 0 Å². The van der Waals surface area contributed by atoms with Gasteiger partial charge in [-0.1, -0.05) is 0 Å². The summed E-state index contributed by atoms with van der Waals surface area (Å²) in [6, 6.07) is 1.63. The molecule has 1 atom stereocenters. The van der Waals surface area contributed by atoms with E-state index in [9.17, 15) is 4.79 Å². The van der Waals surface area contributed by atoms with E-state index in [2.05, 4.69) is 15.5 Å². The van der Waals surface area contributed by atoms with Crippen molar-refractivity contribution in [2.24, 2.45) is 0 Å². The fourth-order valence-electron chi connectivity index (χ4n) is 1.15. The summed E-state index contributed by atoms with van der Waals surface area (Å²) in [5.74, 6) is -0.331. The molecule has 0 radical (unpaired) electrons. The van der Waals surface area contributed by atoms with Gasteiger partial charge in [0.15, 0.2) is 0 Å². The Morgan fingerprint density at radius 1 is 1.50 bits per heavy atom. The highest BCUT2D eigenvalue weighted by Gasteiger charge is 2.12. The number of nitrogens with one attached hydrogen (secondary N) is 1. The Morgan fingerprint density at radius 2 is 2.19 bits per heavy atom. The van der Waals surface area contributed by atoms with Gasteiger partial charge in [0.25, 0.3) is 5.91 Å². The highest BCUT2D eigenvalue weighted by molar-refractivity contribution is 5.95. The smallest absolute Gasteiger partial charge is 0.253 e. The van der Waals surface area contributed by atoms with Crippen LogP contribution < -0.4 is 5.32 Å². The summed E-state index contributed by atoms with van der Waals surface area (Å²) < 4.78 is 0. The van der Waals surface area contributed by atoms with Crippen LogP contribution in [0.25, 0.3) is 0 Å². The molecule has 0 saturated heterocycles. The van der Waals surface area contributed by atoms with Crippen molar-refractivity contribution in [3.8, 4) is 0 Å². The standard InChI is InChI=1S/C10H15N3O3/c1-6-3-9(7(2)13-12-6)10(16)11-4-8(15)5-14/h3,8,14-15H,4-5H2,1-2H3,(H,11,16). The molecule has 0 saturated carbocycles. The van der Waals surface area contributed by atoms with Crippen LogP contribution in [0.4, 0.5) is 0 Å². The normalized spacial score (nSPS) is 12.2. The van der Waals surface area contributed by atoms with E-state index in [0.29, 0.717) is 17.0 Å². The molecule has 1 unspecified atom stereocenters. The third kappa shape index (κ3) is 3.25. The number of carbonyl (C=O) groups excluding carboxylic acids is 1. The molecule has 1 rings (SSSR count). The number of rotatable bonds is 4. The third-order valence-electron chi connectivity index (χ3n) is 2.05. The summed E-state index contributed by atoms with van der Waals surface area (Å²) in [4.78, 5) is 11.7. The summed E-state index contributed by atoms with van der Waals surface area (Å²) >= 11 is 0. The molecular formula is C10H15N3O3. The minimum absolute atomic E-state index is 0.0101. The van der Waals surface area contributed by atoms with Crippen molar-refractivity contribution < 1.29 is 15.0 Å². The molecule has 0 fully saturated rings. The molecule has 0 aromatic carbocycles. The molecule has 16 heavy (non-hydrogen) atoms. The van der Waals surface area contributed by atoms with E-state index in [1.807, 2.05) is 0 Å². The van der Waals surface area contributed by atoms with Crippen LogP contribution in [0.15, 0.2) is 6.07 Å². The Morgan fingerprint density at radius 3 is 2.81 bits per heavy atom. The Kier molecular flexibility index (Phi) is 4.33. The molecule has 88 valence electrons. The number of aryl methyl sites for hydroxylation is 2. The molecule has 1 aromatic heterocycles. The minimum atomic E-state index is -0.944. The molecule has 6 nitrogen and oxygen atoms in total. The van der Waals surface area contributed by atoms with E-state index >= 15 is 0 Å². The quantitative estimate of drug-likeness (QED) is 0.622. The lowest BCUT2D eigenvalue weighted by atomic mass is 10.2. The third-order valence-corrected chi connectivity index (χ3v) is 2.05. The topological polar surface area (TPSA) is 95.3 Å². The number of hydrogen-bond donors (Lipinski definition) is 3. The van der Waals surface area contributed by atoms with Gasteiger partial charge in [-0.2, -0.15) is 10.2 Å².